The van der Waals surface area contributed by atoms with Gasteiger partial charge in [0.05, 0.1) is 6.54 Å². The third kappa shape index (κ3) is 2.88. The van der Waals surface area contributed by atoms with Crippen molar-refractivity contribution in [2.24, 2.45) is 5.92 Å². The van der Waals surface area contributed by atoms with Crippen LogP contribution in [-0.4, -0.2) is 21.1 Å². The summed E-state index contributed by atoms with van der Waals surface area (Å²) in [5.74, 6) is 1.75. The Morgan fingerprint density at radius 3 is 2.94 bits per heavy atom. The Morgan fingerprint density at radius 1 is 1.39 bits per heavy atom. The lowest BCUT2D eigenvalue weighted by atomic mass is 10.2. The average Bonchev–Trinajstić information content (AvgIpc) is 2.68. The topological polar surface area (TPSA) is 42.7 Å². The third-order valence-corrected chi connectivity index (χ3v) is 2.87. The minimum atomic E-state index is 0.659. The number of nitrogens with one attached hydrogen (secondary N) is 1. The molecule has 2 aromatic rings. The van der Waals surface area contributed by atoms with Crippen molar-refractivity contribution in [1.29, 1.82) is 0 Å². The summed E-state index contributed by atoms with van der Waals surface area (Å²) in [4.78, 5) is 9.10. The summed E-state index contributed by atoms with van der Waals surface area (Å²) < 4.78 is 2.22. The zero-order chi connectivity index (χ0) is 13.0. The van der Waals surface area contributed by atoms with Gasteiger partial charge in [-0.1, -0.05) is 20.8 Å². The molecular formula is C14H22N4. The van der Waals surface area contributed by atoms with Gasteiger partial charge in [0, 0.05) is 12.7 Å². The number of hydrogen-bond donors (Lipinski definition) is 1. The van der Waals surface area contributed by atoms with Gasteiger partial charge in [0.1, 0.15) is 11.3 Å². The summed E-state index contributed by atoms with van der Waals surface area (Å²) in [5.41, 5.74) is 1.99. The van der Waals surface area contributed by atoms with Crippen LogP contribution in [0.25, 0.3) is 11.2 Å². The van der Waals surface area contributed by atoms with E-state index in [0.717, 1.165) is 43.0 Å². The second-order valence-electron chi connectivity index (χ2n) is 5.05. The number of aryl methyl sites for hydroxylation is 1. The van der Waals surface area contributed by atoms with E-state index >= 15 is 0 Å². The molecule has 2 heterocycles. The molecule has 0 aliphatic rings. The van der Waals surface area contributed by atoms with E-state index in [1.54, 1.807) is 0 Å². The number of pyridine rings is 1. The first-order valence-corrected chi connectivity index (χ1v) is 6.73. The largest absolute Gasteiger partial charge is 0.312 e. The van der Waals surface area contributed by atoms with Crippen molar-refractivity contribution in [3.05, 3.63) is 24.2 Å². The highest BCUT2D eigenvalue weighted by Gasteiger charge is 2.10. The monoisotopic (exact) mass is 246 g/mol. The van der Waals surface area contributed by atoms with Crippen molar-refractivity contribution < 1.29 is 0 Å². The lowest BCUT2D eigenvalue weighted by molar-refractivity contribution is 0.528. The molecule has 0 saturated heterocycles. The molecule has 2 rings (SSSR count). The molecule has 0 unspecified atom stereocenters. The average molecular weight is 246 g/mol. The Labute approximate surface area is 108 Å². The second kappa shape index (κ2) is 5.96. The molecule has 98 valence electrons. The van der Waals surface area contributed by atoms with Crippen molar-refractivity contribution in [3.8, 4) is 0 Å². The Morgan fingerprint density at radius 2 is 2.22 bits per heavy atom. The van der Waals surface area contributed by atoms with E-state index in [-0.39, 0.29) is 0 Å². The summed E-state index contributed by atoms with van der Waals surface area (Å²) in [6.45, 7) is 9.41. The van der Waals surface area contributed by atoms with Crippen LogP contribution in [0.2, 0.25) is 0 Å². The fourth-order valence-corrected chi connectivity index (χ4v) is 2.07. The Kier molecular flexibility index (Phi) is 4.31. The fourth-order valence-electron chi connectivity index (χ4n) is 2.07. The Bertz CT molecular complexity index is 501. The van der Waals surface area contributed by atoms with Crippen LogP contribution < -0.4 is 5.32 Å². The summed E-state index contributed by atoms with van der Waals surface area (Å²) in [6.07, 6.45) is 2.93. The zero-order valence-corrected chi connectivity index (χ0v) is 11.5. The second-order valence-corrected chi connectivity index (χ2v) is 5.05. The smallest absolute Gasteiger partial charge is 0.160 e. The minimum absolute atomic E-state index is 0.659. The molecule has 1 N–H and O–H groups in total. The van der Waals surface area contributed by atoms with Crippen LogP contribution in [0.3, 0.4) is 0 Å². The van der Waals surface area contributed by atoms with Gasteiger partial charge in [-0.05, 0) is 31.0 Å². The minimum Gasteiger partial charge on any atom is -0.312 e. The normalized spacial score (nSPS) is 11.6. The molecule has 0 bridgehead atoms. The molecule has 0 aliphatic heterocycles. The van der Waals surface area contributed by atoms with Crippen LogP contribution in [0.5, 0.6) is 0 Å². The Balaban J connectivity index is 2.22. The highest BCUT2D eigenvalue weighted by Crippen LogP contribution is 2.14. The quantitative estimate of drug-likeness (QED) is 0.852. The molecule has 0 spiro atoms. The van der Waals surface area contributed by atoms with Gasteiger partial charge < -0.3 is 9.88 Å². The molecule has 4 heteroatoms. The van der Waals surface area contributed by atoms with Crippen molar-refractivity contribution >= 4 is 11.2 Å². The summed E-state index contributed by atoms with van der Waals surface area (Å²) in [6, 6.07) is 3.97. The number of fused-ring (bicyclic) bond motifs is 1. The first-order chi connectivity index (χ1) is 8.72. The van der Waals surface area contributed by atoms with E-state index in [9.17, 15) is 0 Å². The highest BCUT2D eigenvalue weighted by atomic mass is 15.1. The van der Waals surface area contributed by atoms with E-state index in [0.29, 0.717) is 5.92 Å². The zero-order valence-electron chi connectivity index (χ0n) is 11.5. The van der Waals surface area contributed by atoms with Crippen molar-refractivity contribution in [2.45, 2.75) is 40.3 Å². The molecule has 0 aliphatic carbocycles. The van der Waals surface area contributed by atoms with Gasteiger partial charge in [0.25, 0.3) is 0 Å². The highest BCUT2D eigenvalue weighted by molar-refractivity contribution is 5.71. The van der Waals surface area contributed by atoms with E-state index in [1.165, 1.54) is 0 Å². The lowest BCUT2D eigenvalue weighted by Crippen LogP contribution is -2.21. The summed E-state index contributed by atoms with van der Waals surface area (Å²) in [7, 11) is 0. The first kappa shape index (κ1) is 13.0. The molecule has 0 aromatic carbocycles. The summed E-state index contributed by atoms with van der Waals surface area (Å²) >= 11 is 0. The molecule has 0 amide bonds. The Hall–Kier alpha value is -1.42. The number of hydrogen-bond acceptors (Lipinski definition) is 3. The van der Waals surface area contributed by atoms with E-state index in [2.05, 4.69) is 40.6 Å². The van der Waals surface area contributed by atoms with Crippen LogP contribution in [-0.2, 0) is 13.1 Å². The maximum absolute atomic E-state index is 4.67. The maximum Gasteiger partial charge on any atom is 0.160 e. The van der Waals surface area contributed by atoms with Crippen LogP contribution >= 0.6 is 0 Å². The van der Waals surface area contributed by atoms with Gasteiger partial charge >= 0.3 is 0 Å². The predicted molar refractivity (Wildman–Crippen MR) is 74.4 cm³/mol. The SMILES string of the molecule is CCCn1c(CNCC(C)C)nc2cccnc21. The fraction of sp³-hybridized carbons (Fsp3) is 0.571. The van der Waals surface area contributed by atoms with E-state index < -0.39 is 0 Å². The van der Waals surface area contributed by atoms with Gasteiger partial charge in [-0.15, -0.1) is 0 Å². The lowest BCUT2D eigenvalue weighted by Gasteiger charge is -2.09. The molecule has 0 atom stereocenters. The van der Waals surface area contributed by atoms with Gasteiger partial charge in [0.15, 0.2) is 5.65 Å². The van der Waals surface area contributed by atoms with Crippen LogP contribution in [0.4, 0.5) is 0 Å². The number of imidazole rings is 1. The van der Waals surface area contributed by atoms with E-state index in [1.807, 2.05) is 18.3 Å². The molecule has 18 heavy (non-hydrogen) atoms. The van der Waals surface area contributed by atoms with E-state index in [4.69, 9.17) is 0 Å². The molecule has 0 saturated carbocycles. The van der Waals surface area contributed by atoms with Gasteiger partial charge in [0.2, 0.25) is 0 Å². The van der Waals surface area contributed by atoms with Crippen LogP contribution in [0, 0.1) is 5.92 Å². The molecule has 4 nitrogen and oxygen atoms in total. The third-order valence-electron chi connectivity index (χ3n) is 2.87. The maximum atomic E-state index is 4.67. The number of rotatable bonds is 6. The molecule has 2 aromatic heterocycles. The van der Waals surface area contributed by atoms with Crippen molar-refractivity contribution in [2.75, 3.05) is 6.54 Å². The van der Waals surface area contributed by atoms with Gasteiger partial charge in [-0.25, -0.2) is 9.97 Å². The predicted octanol–water partition coefficient (Wildman–Crippen LogP) is 2.59. The van der Waals surface area contributed by atoms with Crippen molar-refractivity contribution in [1.82, 2.24) is 19.9 Å². The molecule has 0 fully saturated rings. The van der Waals surface area contributed by atoms with Gasteiger partial charge in [-0.2, -0.15) is 0 Å². The van der Waals surface area contributed by atoms with Crippen LogP contribution in [0.15, 0.2) is 18.3 Å². The van der Waals surface area contributed by atoms with Crippen molar-refractivity contribution in [3.63, 3.8) is 0 Å². The standard InChI is InChI=1S/C14H22N4/c1-4-8-18-13(10-15-9-11(2)3)17-12-6-5-7-16-14(12)18/h5-7,11,15H,4,8-10H2,1-3H3. The number of aromatic nitrogens is 3. The van der Waals surface area contributed by atoms with Crippen LogP contribution in [0.1, 0.15) is 33.0 Å². The summed E-state index contributed by atoms with van der Waals surface area (Å²) in [5, 5.41) is 3.45. The molecular weight excluding hydrogens is 224 g/mol. The number of nitrogens with zero attached hydrogens (tertiary/aromatic N) is 3. The molecule has 0 radical (unpaired) electrons. The first-order valence-electron chi connectivity index (χ1n) is 6.73. The van der Waals surface area contributed by atoms with Gasteiger partial charge in [-0.3, -0.25) is 0 Å².